The molecule has 1 saturated carbocycles. The van der Waals surface area contributed by atoms with Crippen molar-refractivity contribution in [3.05, 3.63) is 42.6 Å². The van der Waals surface area contributed by atoms with Crippen LogP contribution in [0.25, 0.3) is 11.3 Å². The summed E-state index contributed by atoms with van der Waals surface area (Å²) in [5.41, 5.74) is 3.05. The number of pyridine rings is 1. The number of benzene rings is 1. The fourth-order valence-electron chi connectivity index (χ4n) is 3.79. The van der Waals surface area contributed by atoms with E-state index in [0.717, 1.165) is 35.2 Å². The maximum atomic E-state index is 5.44. The number of aromatic nitrogens is 1. The third-order valence-electron chi connectivity index (χ3n) is 5.50. The van der Waals surface area contributed by atoms with E-state index in [0.29, 0.717) is 16.7 Å². The number of hydrogen-bond acceptors (Lipinski definition) is 4. The van der Waals surface area contributed by atoms with Gasteiger partial charge in [0.05, 0.1) is 24.7 Å². The zero-order valence-electron chi connectivity index (χ0n) is 17.3. The summed E-state index contributed by atoms with van der Waals surface area (Å²) in [4.78, 5) is 4.63. The minimum absolute atomic E-state index is 0.291. The van der Waals surface area contributed by atoms with E-state index in [1.165, 1.54) is 31.4 Å². The molecule has 1 aromatic heterocycles. The number of nitrogens with one attached hydrogen (secondary N) is 2. The number of ether oxygens (including phenoxy) is 1. The summed E-state index contributed by atoms with van der Waals surface area (Å²) in [6.45, 7) is 5.46. The first-order chi connectivity index (χ1) is 13.7. The van der Waals surface area contributed by atoms with Crippen LogP contribution in [0.2, 0.25) is 0 Å². The minimum atomic E-state index is 0.291. The summed E-state index contributed by atoms with van der Waals surface area (Å²) in [5.74, 6) is 2.81. The Balaban J connectivity index is 1.48. The lowest BCUT2D eigenvalue weighted by atomic mass is 9.86. The lowest BCUT2D eigenvalue weighted by Gasteiger charge is -2.30. The molecule has 28 heavy (non-hydrogen) atoms. The Kier molecular flexibility index (Phi) is 7.92. The summed E-state index contributed by atoms with van der Waals surface area (Å²) >= 11 is 0. The molecule has 3 rings (SSSR count). The Hall–Kier alpha value is -1.85. The summed E-state index contributed by atoms with van der Waals surface area (Å²) in [5, 5.41) is 5.90. The fourth-order valence-corrected chi connectivity index (χ4v) is 5.09. The molecule has 0 spiro atoms. The highest BCUT2D eigenvalue weighted by molar-refractivity contribution is 8.13. The van der Waals surface area contributed by atoms with Crippen LogP contribution in [0.4, 0.5) is 5.69 Å². The molecule has 1 unspecified atom stereocenters. The molecule has 0 amide bonds. The molecular weight excluding hydrogens is 366 g/mol. The second kappa shape index (κ2) is 10.6. The molecule has 0 bridgehead atoms. The zero-order valence-corrected chi connectivity index (χ0v) is 18.1. The second-order valence-electron chi connectivity index (χ2n) is 7.30. The average Bonchev–Trinajstić information content (AvgIpc) is 2.77. The van der Waals surface area contributed by atoms with Crippen LogP contribution in [0.3, 0.4) is 0 Å². The van der Waals surface area contributed by atoms with Gasteiger partial charge in [-0.3, -0.25) is 9.71 Å². The van der Waals surface area contributed by atoms with Crippen molar-refractivity contribution in [3.63, 3.8) is 0 Å². The number of para-hydroxylation sites is 1. The number of anilines is 1. The molecule has 1 heterocycles. The first-order valence-electron chi connectivity index (χ1n) is 10.3. The number of methoxy groups -OCH3 is 1. The molecule has 4 nitrogen and oxygen atoms in total. The summed E-state index contributed by atoms with van der Waals surface area (Å²) < 4.78 is 9.25. The van der Waals surface area contributed by atoms with Gasteiger partial charge in [0.2, 0.25) is 0 Å². The topological polar surface area (TPSA) is 46.2 Å². The third kappa shape index (κ3) is 5.58. The maximum absolute atomic E-state index is 5.44. The first kappa shape index (κ1) is 20.9. The molecule has 0 saturated heterocycles. The second-order valence-corrected chi connectivity index (χ2v) is 9.44. The van der Waals surface area contributed by atoms with Crippen LogP contribution in [-0.2, 0) is 0 Å². The van der Waals surface area contributed by atoms with Gasteiger partial charge < -0.3 is 10.1 Å². The third-order valence-corrected chi connectivity index (χ3v) is 7.33. The molecule has 1 aliphatic rings. The molecule has 2 N–H and O–H groups in total. The molecule has 5 heteroatoms. The van der Waals surface area contributed by atoms with Crippen molar-refractivity contribution in [1.29, 1.82) is 0 Å². The van der Waals surface area contributed by atoms with E-state index in [9.17, 15) is 0 Å². The highest BCUT2D eigenvalue weighted by Gasteiger charge is 2.21. The molecule has 1 atom stereocenters. The zero-order chi connectivity index (χ0) is 19.8. The molecule has 0 aliphatic heterocycles. The maximum Gasteiger partial charge on any atom is 0.128 e. The number of hydrogen-bond donors (Lipinski definition) is 2. The van der Waals surface area contributed by atoms with E-state index < -0.39 is 0 Å². The monoisotopic (exact) mass is 399 g/mol. The van der Waals surface area contributed by atoms with Crippen molar-refractivity contribution >= 4 is 21.7 Å². The predicted molar refractivity (Wildman–Crippen MR) is 123 cm³/mol. The number of nitrogens with zero attached hydrogens (tertiary/aromatic N) is 1. The minimum Gasteiger partial charge on any atom is -0.496 e. The normalized spacial score (nSPS) is 20.7. The van der Waals surface area contributed by atoms with Crippen molar-refractivity contribution in [2.24, 2.45) is 5.92 Å². The Morgan fingerprint density at radius 2 is 1.93 bits per heavy atom. The van der Waals surface area contributed by atoms with Gasteiger partial charge in [-0.2, -0.15) is 0 Å². The largest absolute Gasteiger partial charge is 0.496 e. The van der Waals surface area contributed by atoms with Gasteiger partial charge >= 0.3 is 0 Å². The van der Waals surface area contributed by atoms with Crippen LogP contribution >= 0.6 is 10.7 Å². The molecule has 1 fully saturated rings. The lowest BCUT2D eigenvalue weighted by molar-refractivity contribution is 0.328. The van der Waals surface area contributed by atoms with E-state index in [1.54, 1.807) is 7.11 Å². The highest BCUT2D eigenvalue weighted by Crippen LogP contribution is 2.29. The van der Waals surface area contributed by atoms with Crippen molar-refractivity contribution in [2.75, 3.05) is 24.7 Å². The SMILES string of the molecule is C/C=S(\CC)NC1CCC(CNc2ccc(-c3ccccc3OC)nc2)CC1. The summed E-state index contributed by atoms with van der Waals surface area (Å²) in [6.07, 6.45) is 7.09. The van der Waals surface area contributed by atoms with Gasteiger partial charge in [0, 0.05) is 18.2 Å². The van der Waals surface area contributed by atoms with E-state index in [2.05, 4.69) is 46.4 Å². The number of rotatable bonds is 8. The first-order valence-corrected chi connectivity index (χ1v) is 11.8. The van der Waals surface area contributed by atoms with Gasteiger partial charge in [-0.15, -0.1) is 10.7 Å². The van der Waals surface area contributed by atoms with Gasteiger partial charge in [0.15, 0.2) is 0 Å². The fraction of sp³-hybridized carbons (Fsp3) is 0.478. The van der Waals surface area contributed by atoms with E-state index in [-0.39, 0.29) is 0 Å². The van der Waals surface area contributed by atoms with Gasteiger partial charge in [-0.05, 0) is 68.5 Å². The predicted octanol–water partition coefficient (Wildman–Crippen LogP) is 5.34. The van der Waals surface area contributed by atoms with Crippen molar-refractivity contribution < 1.29 is 4.74 Å². The lowest BCUT2D eigenvalue weighted by Crippen LogP contribution is -2.32. The smallest absolute Gasteiger partial charge is 0.128 e. The Morgan fingerprint density at radius 3 is 2.57 bits per heavy atom. The van der Waals surface area contributed by atoms with Gasteiger partial charge in [0.25, 0.3) is 0 Å². The van der Waals surface area contributed by atoms with E-state index >= 15 is 0 Å². The molecule has 1 aromatic carbocycles. The Bertz CT molecular complexity index is 768. The molecule has 0 radical (unpaired) electrons. The van der Waals surface area contributed by atoms with Gasteiger partial charge in [-0.25, -0.2) is 0 Å². The van der Waals surface area contributed by atoms with Crippen molar-refractivity contribution in [3.8, 4) is 17.0 Å². The van der Waals surface area contributed by atoms with Crippen LogP contribution in [0.5, 0.6) is 5.75 Å². The highest BCUT2D eigenvalue weighted by atomic mass is 32.2. The summed E-state index contributed by atoms with van der Waals surface area (Å²) in [6, 6.07) is 12.9. The molecule has 2 aromatic rings. The summed E-state index contributed by atoms with van der Waals surface area (Å²) in [7, 11) is 1.99. The van der Waals surface area contributed by atoms with Crippen molar-refractivity contribution in [1.82, 2.24) is 9.71 Å². The average molecular weight is 400 g/mol. The van der Waals surface area contributed by atoms with E-state index in [4.69, 9.17) is 4.74 Å². The molecule has 1 aliphatic carbocycles. The van der Waals surface area contributed by atoms with Crippen LogP contribution in [0.1, 0.15) is 39.5 Å². The quantitative estimate of drug-likeness (QED) is 0.588. The van der Waals surface area contributed by atoms with Crippen LogP contribution in [-0.4, -0.2) is 35.8 Å². The van der Waals surface area contributed by atoms with Crippen molar-refractivity contribution in [2.45, 2.75) is 45.6 Å². The van der Waals surface area contributed by atoms with Gasteiger partial charge in [-0.1, -0.05) is 24.4 Å². The van der Waals surface area contributed by atoms with Crippen LogP contribution < -0.4 is 14.8 Å². The molecule has 152 valence electrons. The van der Waals surface area contributed by atoms with Crippen LogP contribution in [0, 0.1) is 5.92 Å². The van der Waals surface area contributed by atoms with E-state index in [1.807, 2.05) is 30.5 Å². The standard InChI is InChI=1S/C23H33N3OS/c1-4-28(5-2)26-19-12-10-18(11-13-19)16-24-20-14-15-22(25-17-20)21-8-6-7-9-23(21)27-3/h4,6-9,14-15,17-19,24,26H,5,10-13,16H2,1-3H3. The van der Waals surface area contributed by atoms with Gasteiger partial charge in [0.1, 0.15) is 5.75 Å². The van der Waals surface area contributed by atoms with Crippen LogP contribution in [0.15, 0.2) is 42.6 Å². The Labute approximate surface area is 172 Å². The Morgan fingerprint density at radius 1 is 1.14 bits per heavy atom. The molecular formula is C23H33N3OS.